The molecule has 1 heterocycles. The summed E-state index contributed by atoms with van der Waals surface area (Å²) in [6.45, 7) is 1.38. The SMILES string of the molecule is COc1ccc2[nH]cc(CN(O)C(C)=O)c2c1OC. The fourth-order valence-electron chi connectivity index (χ4n) is 2.00. The number of nitrogens with zero attached hydrogens (tertiary/aromatic N) is 1. The first-order chi connectivity index (χ1) is 9.08. The number of ether oxygens (including phenoxy) is 2. The topological polar surface area (TPSA) is 74.8 Å². The number of fused-ring (bicyclic) bond motifs is 1. The normalized spacial score (nSPS) is 10.5. The van der Waals surface area contributed by atoms with Crippen LogP contribution in [0.2, 0.25) is 0 Å². The Morgan fingerprint density at radius 2 is 2.11 bits per heavy atom. The van der Waals surface area contributed by atoms with E-state index in [1.165, 1.54) is 6.92 Å². The fraction of sp³-hybridized carbons (Fsp3) is 0.308. The van der Waals surface area contributed by atoms with Crippen LogP contribution in [-0.4, -0.2) is 35.4 Å². The molecule has 0 aliphatic heterocycles. The van der Waals surface area contributed by atoms with Crippen LogP contribution in [0.3, 0.4) is 0 Å². The second-order valence-electron chi connectivity index (χ2n) is 4.11. The van der Waals surface area contributed by atoms with E-state index in [0.717, 1.165) is 16.5 Å². The third-order valence-corrected chi connectivity index (χ3v) is 2.95. The van der Waals surface area contributed by atoms with Gasteiger partial charge in [0, 0.05) is 24.2 Å². The van der Waals surface area contributed by atoms with Gasteiger partial charge >= 0.3 is 0 Å². The van der Waals surface area contributed by atoms with Crippen molar-refractivity contribution in [3.05, 3.63) is 23.9 Å². The van der Waals surface area contributed by atoms with Gasteiger partial charge in [-0.25, -0.2) is 5.06 Å². The summed E-state index contributed by atoms with van der Waals surface area (Å²) in [5.74, 6) is 0.757. The van der Waals surface area contributed by atoms with Crippen molar-refractivity contribution in [2.75, 3.05) is 14.2 Å². The summed E-state index contributed by atoms with van der Waals surface area (Å²) in [5, 5.41) is 11.0. The highest BCUT2D eigenvalue weighted by atomic mass is 16.5. The monoisotopic (exact) mass is 264 g/mol. The lowest BCUT2D eigenvalue weighted by molar-refractivity contribution is -0.165. The van der Waals surface area contributed by atoms with Crippen LogP contribution in [0, 0.1) is 0 Å². The van der Waals surface area contributed by atoms with Gasteiger partial charge in [-0.2, -0.15) is 0 Å². The van der Waals surface area contributed by atoms with E-state index in [2.05, 4.69) is 4.98 Å². The standard InChI is InChI=1S/C13H16N2O4/c1-8(16)15(17)7-9-6-14-10-4-5-11(18-2)13(19-3)12(9)10/h4-6,14,17H,7H2,1-3H3. The predicted molar refractivity (Wildman–Crippen MR) is 69.4 cm³/mol. The number of carbonyl (C=O) groups is 1. The van der Waals surface area contributed by atoms with E-state index in [9.17, 15) is 10.0 Å². The number of benzene rings is 1. The van der Waals surface area contributed by atoms with E-state index in [1.54, 1.807) is 26.5 Å². The molecule has 0 bridgehead atoms. The summed E-state index contributed by atoms with van der Waals surface area (Å²) < 4.78 is 10.6. The van der Waals surface area contributed by atoms with Crippen LogP contribution in [-0.2, 0) is 11.3 Å². The minimum absolute atomic E-state index is 0.0822. The van der Waals surface area contributed by atoms with E-state index in [-0.39, 0.29) is 6.54 Å². The summed E-state index contributed by atoms with van der Waals surface area (Å²) in [6.07, 6.45) is 1.73. The van der Waals surface area contributed by atoms with Crippen molar-refractivity contribution in [1.29, 1.82) is 0 Å². The number of amides is 1. The molecule has 19 heavy (non-hydrogen) atoms. The quantitative estimate of drug-likeness (QED) is 0.653. The zero-order chi connectivity index (χ0) is 14.0. The first kappa shape index (κ1) is 13.2. The summed E-state index contributed by atoms with van der Waals surface area (Å²) in [5.41, 5.74) is 1.60. The predicted octanol–water partition coefficient (Wildman–Crippen LogP) is 1.92. The smallest absolute Gasteiger partial charge is 0.243 e. The molecule has 0 aliphatic rings. The highest BCUT2D eigenvalue weighted by molar-refractivity contribution is 5.92. The van der Waals surface area contributed by atoms with Crippen molar-refractivity contribution in [3.63, 3.8) is 0 Å². The zero-order valence-electron chi connectivity index (χ0n) is 11.1. The van der Waals surface area contributed by atoms with Crippen LogP contribution in [0.4, 0.5) is 0 Å². The number of methoxy groups -OCH3 is 2. The van der Waals surface area contributed by atoms with E-state index in [0.29, 0.717) is 16.6 Å². The van der Waals surface area contributed by atoms with E-state index in [1.807, 2.05) is 6.07 Å². The number of hydrogen-bond donors (Lipinski definition) is 2. The highest BCUT2D eigenvalue weighted by Crippen LogP contribution is 2.37. The molecule has 0 saturated carbocycles. The molecule has 0 atom stereocenters. The van der Waals surface area contributed by atoms with Crippen LogP contribution in [0.15, 0.2) is 18.3 Å². The molecular formula is C13H16N2O4. The molecule has 2 rings (SSSR count). The number of H-pyrrole nitrogens is 1. The summed E-state index contributed by atoms with van der Waals surface area (Å²) >= 11 is 0. The average molecular weight is 264 g/mol. The minimum Gasteiger partial charge on any atom is -0.493 e. The van der Waals surface area contributed by atoms with Gasteiger partial charge in [0.2, 0.25) is 5.91 Å². The first-order valence-corrected chi connectivity index (χ1v) is 5.76. The molecule has 0 unspecified atom stereocenters. The molecule has 6 heteroatoms. The molecule has 1 amide bonds. The van der Waals surface area contributed by atoms with Crippen molar-refractivity contribution < 1.29 is 19.5 Å². The largest absolute Gasteiger partial charge is 0.493 e. The Morgan fingerprint density at radius 3 is 2.68 bits per heavy atom. The van der Waals surface area contributed by atoms with Crippen LogP contribution in [0.5, 0.6) is 11.5 Å². The zero-order valence-corrected chi connectivity index (χ0v) is 11.1. The Morgan fingerprint density at radius 1 is 1.37 bits per heavy atom. The van der Waals surface area contributed by atoms with Gasteiger partial charge in [-0.15, -0.1) is 0 Å². The summed E-state index contributed by atoms with van der Waals surface area (Å²) in [6, 6.07) is 3.65. The maximum Gasteiger partial charge on any atom is 0.243 e. The Kier molecular flexibility index (Phi) is 3.62. The molecule has 1 aromatic carbocycles. The average Bonchev–Trinajstić information content (AvgIpc) is 2.80. The second-order valence-corrected chi connectivity index (χ2v) is 4.11. The van der Waals surface area contributed by atoms with Gasteiger partial charge in [0.05, 0.1) is 26.2 Å². The Labute approximate surface area is 110 Å². The molecule has 2 N–H and O–H groups in total. The summed E-state index contributed by atoms with van der Waals surface area (Å²) in [7, 11) is 3.11. The number of aromatic nitrogens is 1. The third-order valence-electron chi connectivity index (χ3n) is 2.95. The minimum atomic E-state index is -0.420. The van der Waals surface area contributed by atoms with Crippen LogP contribution < -0.4 is 9.47 Å². The first-order valence-electron chi connectivity index (χ1n) is 5.76. The van der Waals surface area contributed by atoms with Crippen molar-refractivity contribution >= 4 is 16.8 Å². The van der Waals surface area contributed by atoms with E-state index in [4.69, 9.17) is 9.47 Å². The Hall–Kier alpha value is -2.21. The van der Waals surface area contributed by atoms with Crippen molar-refractivity contribution in [3.8, 4) is 11.5 Å². The van der Waals surface area contributed by atoms with Crippen molar-refractivity contribution in [2.24, 2.45) is 0 Å². The van der Waals surface area contributed by atoms with E-state index < -0.39 is 5.91 Å². The number of rotatable bonds is 4. The van der Waals surface area contributed by atoms with Gasteiger partial charge in [0.25, 0.3) is 0 Å². The van der Waals surface area contributed by atoms with Crippen LogP contribution in [0.25, 0.3) is 10.9 Å². The molecule has 0 radical (unpaired) electrons. The molecule has 2 aromatic rings. The van der Waals surface area contributed by atoms with Gasteiger partial charge in [0.1, 0.15) is 0 Å². The van der Waals surface area contributed by atoms with Gasteiger partial charge in [0.15, 0.2) is 11.5 Å². The lowest BCUT2D eigenvalue weighted by atomic mass is 10.1. The molecule has 6 nitrogen and oxygen atoms in total. The molecular weight excluding hydrogens is 248 g/mol. The van der Waals surface area contributed by atoms with Crippen molar-refractivity contribution in [1.82, 2.24) is 10.0 Å². The number of nitrogens with one attached hydrogen (secondary N) is 1. The number of hydrogen-bond acceptors (Lipinski definition) is 4. The second kappa shape index (κ2) is 5.19. The fourth-order valence-corrected chi connectivity index (χ4v) is 2.00. The molecule has 0 saturated heterocycles. The number of hydroxylamine groups is 2. The lowest BCUT2D eigenvalue weighted by Crippen LogP contribution is -2.23. The highest BCUT2D eigenvalue weighted by Gasteiger charge is 2.16. The maximum absolute atomic E-state index is 11.1. The van der Waals surface area contributed by atoms with Crippen molar-refractivity contribution in [2.45, 2.75) is 13.5 Å². The molecule has 0 fully saturated rings. The number of aromatic amines is 1. The van der Waals surface area contributed by atoms with E-state index >= 15 is 0 Å². The maximum atomic E-state index is 11.1. The lowest BCUT2D eigenvalue weighted by Gasteiger charge is -2.13. The van der Waals surface area contributed by atoms with Gasteiger partial charge in [-0.1, -0.05) is 0 Å². The summed E-state index contributed by atoms with van der Waals surface area (Å²) in [4.78, 5) is 14.2. The van der Waals surface area contributed by atoms with Gasteiger partial charge < -0.3 is 14.5 Å². The van der Waals surface area contributed by atoms with Crippen LogP contribution >= 0.6 is 0 Å². The number of carbonyl (C=O) groups excluding carboxylic acids is 1. The van der Waals surface area contributed by atoms with Crippen LogP contribution in [0.1, 0.15) is 12.5 Å². The Bertz CT molecular complexity index is 606. The molecule has 102 valence electrons. The molecule has 0 spiro atoms. The van der Waals surface area contributed by atoms with Gasteiger partial charge in [-0.3, -0.25) is 10.0 Å². The Balaban J connectivity index is 2.53. The van der Waals surface area contributed by atoms with Gasteiger partial charge in [-0.05, 0) is 12.1 Å². The molecule has 0 aliphatic carbocycles. The third kappa shape index (κ3) is 2.34. The molecule has 1 aromatic heterocycles.